The van der Waals surface area contributed by atoms with E-state index in [-0.39, 0.29) is 0 Å². The van der Waals surface area contributed by atoms with Crippen LogP contribution in [0.4, 0.5) is 11.4 Å². The van der Waals surface area contributed by atoms with E-state index in [0.717, 1.165) is 84.8 Å². The molecular weight excluding hydrogens is 576 g/mol. The summed E-state index contributed by atoms with van der Waals surface area (Å²) in [5, 5.41) is 3.21. The van der Waals surface area contributed by atoms with E-state index in [2.05, 4.69) is 59.9 Å². The van der Waals surface area contributed by atoms with Crippen LogP contribution < -0.4 is 11.1 Å². The lowest BCUT2D eigenvalue weighted by atomic mass is 9.99. The van der Waals surface area contributed by atoms with Gasteiger partial charge in [0.05, 0.1) is 35.6 Å². The van der Waals surface area contributed by atoms with Crippen LogP contribution in [-0.2, 0) is 20.8 Å². The maximum absolute atomic E-state index is 5.78. The lowest BCUT2D eigenvalue weighted by Crippen LogP contribution is -2.19. The van der Waals surface area contributed by atoms with Crippen molar-refractivity contribution in [3.63, 3.8) is 0 Å². The zero-order valence-electron chi connectivity index (χ0n) is 20.6. The van der Waals surface area contributed by atoms with Gasteiger partial charge >= 0.3 is 0 Å². The van der Waals surface area contributed by atoms with Gasteiger partial charge in [-0.05, 0) is 63.1 Å². The Kier molecular flexibility index (Phi) is 11.8. The molecule has 35 heavy (non-hydrogen) atoms. The molecule has 1 saturated heterocycles. The van der Waals surface area contributed by atoms with Gasteiger partial charge in [0.2, 0.25) is 0 Å². The highest BCUT2D eigenvalue weighted by Gasteiger charge is 2.22. The number of benzene rings is 2. The molecule has 1 aliphatic rings. The Morgan fingerprint density at radius 3 is 2.46 bits per heavy atom. The van der Waals surface area contributed by atoms with Gasteiger partial charge in [0.1, 0.15) is 5.82 Å². The van der Waals surface area contributed by atoms with Gasteiger partial charge in [0.25, 0.3) is 0 Å². The van der Waals surface area contributed by atoms with Gasteiger partial charge in [0, 0.05) is 54.4 Å². The third-order valence-corrected chi connectivity index (χ3v) is 6.76. The highest BCUT2D eigenvalue weighted by atomic mass is 79.9. The van der Waals surface area contributed by atoms with E-state index in [9.17, 15) is 0 Å². The van der Waals surface area contributed by atoms with Crippen LogP contribution in [0.1, 0.15) is 38.4 Å². The third kappa shape index (κ3) is 8.46. The van der Waals surface area contributed by atoms with E-state index in [1.807, 2.05) is 32.0 Å². The number of nitrogen functional groups attached to an aromatic ring is 1. The number of nitrogens with one attached hydrogen (secondary N) is 1. The van der Waals surface area contributed by atoms with Gasteiger partial charge in [-0.3, -0.25) is 0 Å². The quantitative estimate of drug-likeness (QED) is 0.209. The molecule has 0 unspecified atom stereocenters. The average molecular weight is 612 g/mol. The summed E-state index contributed by atoms with van der Waals surface area (Å²) >= 11 is 6.95. The van der Waals surface area contributed by atoms with Crippen molar-refractivity contribution in [3.8, 4) is 0 Å². The standard InChI is InChI=1S/C16H21BrN2O2.C10H15BrN2O/c1-2-20-10-7-19-15-11-13(17)3-4-14(15)18-16(19)12-5-8-21-9-6-12;1-2-14-6-5-13-10-7-8(11)3-4-9(10)12/h3-4,11-12H,2,5-10H2,1H3;3-4,7,13H,2,5-6,12H2,1H3. The summed E-state index contributed by atoms with van der Waals surface area (Å²) in [6.07, 6.45) is 2.11. The van der Waals surface area contributed by atoms with E-state index >= 15 is 0 Å². The molecule has 0 aliphatic carbocycles. The second-order valence-corrected chi connectivity index (χ2v) is 10.0. The normalized spacial score (nSPS) is 14.1. The van der Waals surface area contributed by atoms with Gasteiger partial charge < -0.3 is 29.8 Å². The molecule has 2 aromatic carbocycles. The maximum Gasteiger partial charge on any atom is 0.113 e. The number of rotatable bonds is 10. The number of imidazole rings is 1. The van der Waals surface area contributed by atoms with Crippen molar-refractivity contribution in [2.45, 2.75) is 39.2 Å². The van der Waals surface area contributed by atoms with E-state index < -0.39 is 0 Å². The second kappa shape index (κ2) is 14.8. The number of hydrogen-bond donors (Lipinski definition) is 2. The first kappa shape index (κ1) is 27.9. The van der Waals surface area contributed by atoms with Crippen molar-refractivity contribution in [1.29, 1.82) is 0 Å². The molecule has 192 valence electrons. The Hall–Kier alpha value is -1.65. The zero-order valence-corrected chi connectivity index (χ0v) is 23.7. The van der Waals surface area contributed by atoms with Crippen molar-refractivity contribution in [3.05, 3.63) is 51.2 Å². The first-order valence-corrected chi connectivity index (χ1v) is 13.8. The van der Waals surface area contributed by atoms with Crippen LogP contribution in [0.25, 0.3) is 11.0 Å². The van der Waals surface area contributed by atoms with Crippen LogP contribution in [0, 0.1) is 0 Å². The minimum absolute atomic E-state index is 0.492. The minimum Gasteiger partial charge on any atom is -0.397 e. The van der Waals surface area contributed by atoms with Gasteiger partial charge in [-0.25, -0.2) is 4.98 Å². The van der Waals surface area contributed by atoms with Crippen LogP contribution in [-0.4, -0.2) is 55.7 Å². The Morgan fingerprint density at radius 2 is 1.71 bits per heavy atom. The van der Waals surface area contributed by atoms with E-state index in [1.165, 1.54) is 11.3 Å². The molecule has 1 aromatic heterocycles. The molecule has 4 rings (SSSR count). The molecule has 9 heteroatoms. The summed E-state index contributed by atoms with van der Waals surface area (Å²) in [5.74, 6) is 1.68. The number of halogens is 2. The largest absolute Gasteiger partial charge is 0.397 e. The number of nitrogens with two attached hydrogens (primary N) is 1. The molecule has 0 spiro atoms. The van der Waals surface area contributed by atoms with E-state index in [0.29, 0.717) is 12.5 Å². The van der Waals surface area contributed by atoms with Gasteiger partial charge in [0.15, 0.2) is 0 Å². The van der Waals surface area contributed by atoms with E-state index in [4.69, 9.17) is 24.9 Å². The van der Waals surface area contributed by atoms with Crippen molar-refractivity contribution >= 4 is 54.3 Å². The highest BCUT2D eigenvalue weighted by Crippen LogP contribution is 2.30. The Morgan fingerprint density at radius 1 is 1.03 bits per heavy atom. The predicted octanol–water partition coefficient (Wildman–Crippen LogP) is 6.21. The molecule has 0 saturated carbocycles. The number of nitrogens with zero attached hydrogens (tertiary/aromatic N) is 2. The van der Waals surface area contributed by atoms with Crippen molar-refractivity contribution in [1.82, 2.24) is 9.55 Å². The average Bonchev–Trinajstić information content (AvgIpc) is 3.22. The summed E-state index contributed by atoms with van der Waals surface area (Å²) in [7, 11) is 0. The lowest BCUT2D eigenvalue weighted by Gasteiger charge is -2.22. The monoisotopic (exact) mass is 610 g/mol. The number of fused-ring (bicyclic) bond motifs is 1. The summed E-state index contributed by atoms with van der Waals surface area (Å²) in [6.45, 7) is 10.2. The summed E-state index contributed by atoms with van der Waals surface area (Å²) in [6, 6.07) is 12.0. The number of anilines is 2. The van der Waals surface area contributed by atoms with Crippen molar-refractivity contribution in [2.75, 3.05) is 57.2 Å². The molecule has 3 aromatic rings. The Balaban J connectivity index is 0.000000214. The summed E-state index contributed by atoms with van der Waals surface area (Å²) < 4.78 is 20.7. The molecular formula is C26H36Br2N4O3. The molecule has 0 bridgehead atoms. The third-order valence-electron chi connectivity index (χ3n) is 5.77. The lowest BCUT2D eigenvalue weighted by molar-refractivity contribution is 0.0821. The van der Waals surface area contributed by atoms with Gasteiger partial charge in [-0.2, -0.15) is 0 Å². The van der Waals surface area contributed by atoms with Crippen LogP contribution in [0.5, 0.6) is 0 Å². The predicted molar refractivity (Wildman–Crippen MR) is 150 cm³/mol. The van der Waals surface area contributed by atoms with Crippen molar-refractivity contribution in [2.24, 2.45) is 0 Å². The maximum atomic E-state index is 5.78. The van der Waals surface area contributed by atoms with E-state index in [1.54, 1.807) is 0 Å². The van der Waals surface area contributed by atoms with Crippen LogP contribution in [0.3, 0.4) is 0 Å². The first-order chi connectivity index (χ1) is 17.0. The first-order valence-electron chi connectivity index (χ1n) is 12.2. The van der Waals surface area contributed by atoms with Gasteiger partial charge in [-0.1, -0.05) is 31.9 Å². The molecule has 0 amide bonds. The van der Waals surface area contributed by atoms with Gasteiger partial charge in [-0.15, -0.1) is 0 Å². The smallest absolute Gasteiger partial charge is 0.113 e. The molecule has 1 aliphatic heterocycles. The summed E-state index contributed by atoms with van der Waals surface area (Å²) in [4.78, 5) is 4.89. The second-order valence-electron chi connectivity index (χ2n) is 8.19. The molecule has 2 heterocycles. The number of ether oxygens (including phenoxy) is 3. The fraction of sp³-hybridized carbons (Fsp3) is 0.500. The summed E-state index contributed by atoms with van der Waals surface area (Å²) in [5.41, 5.74) is 9.73. The topological polar surface area (TPSA) is 83.6 Å². The minimum atomic E-state index is 0.492. The van der Waals surface area contributed by atoms with Crippen LogP contribution in [0.2, 0.25) is 0 Å². The molecule has 1 fully saturated rings. The molecule has 0 atom stereocenters. The van der Waals surface area contributed by atoms with Crippen LogP contribution in [0.15, 0.2) is 45.3 Å². The Bertz CT molecular complexity index is 1050. The molecule has 7 nitrogen and oxygen atoms in total. The molecule has 3 N–H and O–H groups in total. The van der Waals surface area contributed by atoms with Crippen molar-refractivity contribution < 1.29 is 14.2 Å². The Labute approximate surface area is 225 Å². The fourth-order valence-electron chi connectivity index (χ4n) is 4.00. The zero-order chi connectivity index (χ0) is 25.0. The van der Waals surface area contributed by atoms with Crippen LogP contribution >= 0.6 is 31.9 Å². The number of aromatic nitrogens is 2. The highest BCUT2D eigenvalue weighted by molar-refractivity contribution is 9.10. The SMILES string of the molecule is CCOCCNc1cc(Br)ccc1N.CCOCCn1c(C2CCOCC2)nc2ccc(Br)cc21. The number of hydrogen-bond acceptors (Lipinski definition) is 6. The fourth-order valence-corrected chi connectivity index (χ4v) is 4.71. The molecule has 0 radical (unpaired) electrons.